The third-order valence-corrected chi connectivity index (χ3v) is 7.13. The van der Waals surface area contributed by atoms with Crippen molar-refractivity contribution in [1.82, 2.24) is 14.7 Å². The summed E-state index contributed by atoms with van der Waals surface area (Å²) in [5, 5.41) is 2.20. The zero-order valence-corrected chi connectivity index (χ0v) is 18.7. The van der Waals surface area contributed by atoms with Gasteiger partial charge in [-0.05, 0) is 57.0 Å². The molecule has 1 saturated carbocycles. The first-order valence-electron chi connectivity index (χ1n) is 9.01. The fourth-order valence-electron chi connectivity index (χ4n) is 4.75. The van der Waals surface area contributed by atoms with Crippen molar-refractivity contribution in [2.24, 2.45) is 0 Å². The van der Waals surface area contributed by atoms with Gasteiger partial charge in [-0.2, -0.15) is 13.6 Å². The van der Waals surface area contributed by atoms with Crippen molar-refractivity contribution in [3.63, 3.8) is 0 Å². The number of methoxy groups -OCH3 is 1. The lowest BCUT2D eigenvalue weighted by Gasteiger charge is -2.46. The van der Waals surface area contributed by atoms with Crippen molar-refractivity contribution in [1.29, 1.82) is 0 Å². The highest BCUT2D eigenvalue weighted by molar-refractivity contribution is 14.2. The Morgan fingerprint density at radius 1 is 1.37 bits per heavy atom. The molecule has 5 nitrogen and oxygen atoms in total. The molecule has 2 unspecified atom stereocenters. The van der Waals surface area contributed by atoms with Crippen molar-refractivity contribution < 1.29 is 18.3 Å². The molecule has 1 aliphatic carbocycles. The average Bonchev–Trinajstić information content (AvgIpc) is 2.99. The molecule has 1 aliphatic heterocycles. The van der Waals surface area contributed by atoms with Gasteiger partial charge in [-0.25, -0.2) is 5.01 Å². The highest BCUT2D eigenvalue weighted by Gasteiger charge is 2.51. The van der Waals surface area contributed by atoms with Crippen LogP contribution >= 0.6 is 30.3 Å². The number of hydrogen-bond acceptors (Lipinski definition) is 6. The Balaban J connectivity index is 1.88. The molecule has 2 fully saturated rings. The van der Waals surface area contributed by atoms with Crippen LogP contribution in [0, 0.1) is 0 Å². The number of likely N-dealkylation sites (N-methyl/N-ethyl adjacent to an activating group) is 1. The van der Waals surface area contributed by atoms with Gasteiger partial charge in [-0.15, -0.1) is 0 Å². The molecule has 0 aromatic heterocycles. The van der Waals surface area contributed by atoms with Crippen molar-refractivity contribution >= 4 is 30.3 Å². The minimum atomic E-state index is -2.86. The van der Waals surface area contributed by atoms with Gasteiger partial charge in [0.05, 0.1) is 7.11 Å². The molecular weight excluding hydrogens is 487 g/mol. The van der Waals surface area contributed by atoms with Crippen LogP contribution in [0.4, 0.5) is 8.78 Å². The number of nitrogens with one attached hydrogen (secondary N) is 1. The second-order valence-corrected chi connectivity index (χ2v) is 9.01. The summed E-state index contributed by atoms with van der Waals surface area (Å²) in [6.45, 7) is -1.82. The summed E-state index contributed by atoms with van der Waals surface area (Å²) in [6, 6.07) is 6.33. The molecule has 27 heavy (non-hydrogen) atoms. The molecule has 9 heteroatoms. The van der Waals surface area contributed by atoms with Gasteiger partial charge in [0.1, 0.15) is 0 Å². The molecule has 1 aromatic carbocycles. The Morgan fingerprint density at radius 3 is 2.81 bits per heavy atom. The van der Waals surface area contributed by atoms with Gasteiger partial charge in [0.25, 0.3) is 0 Å². The van der Waals surface area contributed by atoms with E-state index in [-0.39, 0.29) is 11.2 Å². The van der Waals surface area contributed by atoms with Crippen LogP contribution in [-0.4, -0.2) is 56.4 Å². The Labute approximate surface area is 175 Å². The van der Waals surface area contributed by atoms with E-state index in [1.54, 1.807) is 15.2 Å². The monoisotopic (exact) mass is 513 g/mol. The first kappa shape index (κ1) is 21.4. The molecular formula is C18H26F2IN3O2S. The Morgan fingerprint density at radius 2 is 2.15 bits per heavy atom. The SMILES string of the molecule is COc1cc([C@@]23CCC(N(C)NSI)CC2N(C)CC3)ccc1OC(F)F. The number of rotatable bonds is 7. The maximum absolute atomic E-state index is 12.6. The third kappa shape index (κ3) is 4.31. The summed E-state index contributed by atoms with van der Waals surface area (Å²) in [7, 11) is 7.35. The number of alkyl halides is 2. The lowest BCUT2D eigenvalue weighted by atomic mass is 9.65. The van der Waals surface area contributed by atoms with Crippen LogP contribution in [-0.2, 0) is 5.41 Å². The van der Waals surface area contributed by atoms with E-state index in [4.69, 9.17) is 4.74 Å². The van der Waals surface area contributed by atoms with E-state index in [0.29, 0.717) is 17.8 Å². The van der Waals surface area contributed by atoms with Crippen LogP contribution in [0.15, 0.2) is 18.2 Å². The zero-order valence-electron chi connectivity index (χ0n) is 15.8. The predicted octanol–water partition coefficient (Wildman–Crippen LogP) is 4.23. The van der Waals surface area contributed by atoms with Crippen LogP contribution in [0.5, 0.6) is 11.5 Å². The van der Waals surface area contributed by atoms with Crippen molar-refractivity contribution in [2.75, 3.05) is 27.7 Å². The molecule has 1 heterocycles. The topological polar surface area (TPSA) is 37.0 Å². The molecule has 0 radical (unpaired) electrons. The largest absolute Gasteiger partial charge is 0.493 e. The Hall–Kier alpha value is -0.360. The van der Waals surface area contributed by atoms with E-state index in [1.165, 1.54) is 7.11 Å². The number of nitrogens with zero attached hydrogens (tertiary/aromatic N) is 2. The highest BCUT2D eigenvalue weighted by Crippen LogP contribution is 2.50. The highest BCUT2D eigenvalue weighted by atomic mass is 127. The number of likely N-dealkylation sites (tertiary alicyclic amines) is 1. The number of halogens is 3. The molecule has 1 N–H and O–H groups in total. The summed E-state index contributed by atoms with van der Waals surface area (Å²) in [5.41, 5.74) is 1.19. The van der Waals surface area contributed by atoms with Gasteiger partial charge in [0.2, 0.25) is 0 Å². The molecule has 1 aromatic rings. The predicted molar refractivity (Wildman–Crippen MR) is 112 cm³/mol. The van der Waals surface area contributed by atoms with E-state index in [2.05, 4.69) is 54.8 Å². The molecule has 152 valence electrons. The van der Waals surface area contributed by atoms with Gasteiger partial charge in [-0.3, -0.25) is 0 Å². The van der Waals surface area contributed by atoms with E-state index >= 15 is 0 Å². The first-order valence-corrected chi connectivity index (χ1v) is 12.4. The smallest absolute Gasteiger partial charge is 0.387 e. The molecule has 0 amide bonds. The number of benzene rings is 1. The maximum atomic E-state index is 12.6. The normalized spacial score (nSPS) is 28.6. The number of hydrazine groups is 1. The fourth-order valence-corrected chi connectivity index (χ4v) is 5.94. The summed E-state index contributed by atoms with van der Waals surface area (Å²) in [5.74, 6) is 0.463. The van der Waals surface area contributed by atoms with Crippen LogP contribution in [0.25, 0.3) is 0 Å². The second-order valence-electron chi connectivity index (χ2n) is 7.35. The minimum absolute atomic E-state index is 0.0280. The van der Waals surface area contributed by atoms with Gasteiger partial charge >= 0.3 is 6.61 Å². The van der Waals surface area contributed by atoms with Gasteiger partial charge in [0, 0.05) is 54.9 Å². The van der Waals surface area contributed by atoms with Gasteiger partial charge < -0.3 is 14.4 Å². The summed E-state index contributed by atoms with van der Waals surface area (Å²) in [4.78, 5) is 5.75. The summed E-state index contributed by atoms with van der Waals surface area (Å²) in [6.07, 6.45) is 4.28. The zero-order chi connectivity index (χ0) is 19.6. The number of fused-ring (bicyclic) bond motifs is 1. The second kappa shape index (κ2) is 8.98. The average molecular weight is 513 g/mol. The standard InChI is InChI=1S/C18H26F2IN3O2S/c1-23-9-8-18(7-6-13(11-16(18)23)24(2)22-27-21)12-4-5-14(26-17(19)20)15(10-12)25-3/h4-5,10,13,16-17,22H,6-9,11H2,1-3H3/t13?,16?,18-/m0/s1. The van der Waals surface area contributed by atoms with E-state index in [0.717, 1.165) is 37.8 Å². The summed E-state index contributed by atoms with van der Waals surface area (Å²) >= 11 is 2.24. The van der Waals surface area contributed by atoms with Gasteiger partial charge in [-0.1, -0.05) is 6.07 Å². The van der Waals surface area contributed by atoms with E-state index in [1.807, 2.05) is 12.1 Å². The minimum Gasteiger partial charge on any atom is -0.493 e. The van der Waals surface area contributed by atoms with Crippen LogP contribution in [0.3, 0.4) is 0 Å². The van der Waals surface area contributed by atoms with Crippen LogP contribution in [0.1, 0.15) is 31.2 Å². The third-order valence-electron chi connectivity index (χ3n) is 6.18. The summed E-state index contributed by atoms with van der Waals surface area (Å²) < 4.78 is 35.2. The van der Waals surface area contributed by atoms with Crippen molar-refractivity contribution in [3.8, 4) is 11.5 Å². The lowest BCUT2D eigenvalue weighted by Crippen LogP contribution is -2.52. The van der Waals surface area contributed by atoms with Crippen molar-refractivity contribution in [2.45, 2.75) is 49.8 Å². The maximum Gasteiger partial charge on any atom is 0.387 e. The lowest BCUT2D eigenvalue weighted by molar-refractivity contribution is -0.0512. The molecule has 2 aliphatic rings. The molecule has 3 atom stereocenters. The van der Waals surface area contributed by atoms with E-state index in [9.17, 15) is 8.78 Å². The van der Waals surface area contributed by atoms with Crippen molar-refractivity contribution in [3.05, 3.63) is 23.8 Å². The number of hydrogen-bond donors (Lipinski definition) is 1. The van der Waals surface area contributed by atoms with Crippen LogP contribution < -0.4 is 14.3 Å². The molecule has 1 saturated heterocycles. The number of ether oxygens (including phenoxy) is 2. The molecule has 0 bridgehead atoms. The van der Waals surface area contributed by atoms with Gasteiger partial charge in [0.15, 0.2) is 11.5 Å². The van der Waals surface area contributed by atoms with E-state index < -0.39 is 6.61 Å². The Kier molecular flexibility index (Phi) is 7.10. The molecule has 0 spiro atoms. The molecule has 3 rings (SSSR count). The first-order chi connectivity index (χ1) is 12.9. The Bertz CT molecular complexity index is 657. The quantitative estimate of drug-likeness (QED) is 0.335. The fraction of sp³-hybridized carbons (Fsp3) is 0.667. The van der Waals surface area contributed by atoms with Crippen LogP contribution in [0.2, 0.25) is 0 Å².